The van der Waals surface area contributed by atoms with Crippen LogP contribution in [0.15, 0.2) is 33.9 Å². The molecule has 0 bridgehead atoms. The number of thiophene rings is 1. The fraction of sp³-hybridized carbons (Fsp3) is 0.278. The Hall–Kier alpha value is -1.64. The normalized spacial score (nSPS) is 12.3. The third-order valence-electron chi connectivity index (χ3n) is 4.12. The Labute approximate surface area is 168 Å². The minimum atomic E-state index is -0.0637. The van der Waals surface area contributed by atoms with Crippen LogP contribution in [0.1, 0.15) is 29.0 Å². The van der Waals surface area contributed by atoms with Crippen LogP contribution in [0.3, 0.4) is 0 Å². The Kier molecular flexibility index (Phi) is 5.84. The zero-order chi connectivity index (χ0) is 18.8. The molecule has 2 aromatic heterocycles. The summed E-state index contributed by atoms with van der Waals surface area (Å²) in [5.41, 5.74) is 8.26. The van der Waals surface area contributed by atoms with Gasteiger partial charge in [-0.1, -0.05) is 39.8 Å². The van der Waals surface area contributed by atoms with E-state index in [1.165, 1.54) is 16.6 Å². The van der Waals surface area contributed by atoms with E-state index in [1.54, 1.807) is 11.3 Å². The highest BCUT2D eigenvalue weighted by atomic mass is 79.9. The van der Waals surface area contributed by atoms with Crippen molar-refractivity contribution in [1.29, 1.82) is 0 Å². The number of halogens is 1. The molecule has 3 rings (SSSR count). The van der Waals surface area contributed by atoms with E-state index in [9.17, 15) is 4.79 Å². The Balaban J connectivity index is 1.64. The van der Waals surface area contributed by atoms with Crippen LogP contribution in [0.5, 0.6) is 0 Å². The Bertz CT molecular complexity index is 956. The van der Waals surface area contributed by atoms with Crippen LogP contribution in [0, 0.1) is 13.8 Å². The van der Waals surface area contributed by atoms with Gasteiger partial charge in [-0.25, -0.2) is 9.97 Å². The van der Waals surface area contributed by atoms with E-state index < -0.39 is 0 Å². The minimum Gasteiger partial charge on any atom is -0.383 e. The van der Waals surface area contributed by atoms with Gasteiger partial charge in [0.05, 0.1) is 17.2 Å². The van der Waals surface area contributed by atoms with Gasteiger partial charge in [0.1, 0.15) is 10.6 Å². The third-order valence-corrected chi connectivity index (χ3v) is 6.59. The molecule has 1 amide bonds. The maximum atomic E-state index is 12.2. The van der Waals surface area contributed by atoms with Gasteiger partial charge in [-0.05, 0) is 44.0 Å². The lowest BCUT2D eigenvalue weighted by molar-refractivity contribution is -0.119. The molecule has 2 heterocycles. The second-order valence-corrected chi connectivity index (χ2v) is 9.05. The number of carbonyl (C=O) groups is 1. The molecule has 0 radical (unpaired) electrons. The lowest BCUT2D eigenvalue weighted by Crippen LogP contribution is -2.28. The average Bonchev–Trinajstić information content (AvgIpc) is 2.88. The predicted octanol–water partition coefficient (Wildman–Crippen LogP) is 4.62. The first kappa shape index (κ1) is 19.1. The maximum Gasteiger partial charge on any atom is 0.230 e. The molecule has 0 aliphatic heterocycles. The van der Waals surface area contributed by atoms with E-state index in [-0.39, 0.29) is 17.7 Å². The number of nitrogen functional groups attached to an aromatic ring is 1. The highest BCUT2D eigenvalue weighted by molar-refractivity contribution is 9.10. The van der Waals surface area contributed by atoms with Crippen molar-refractivity contribution in [3.63, 3.8) is 0 Å². The van der Waals surface area contributed by atoms with Crippen molar-refractivity contribution in [3.05, 3.63) is 44.7 Å². The lowest BCUT2D eigenvalue weighted by atomic mass is 10.1. The summed E-state index contributed by atoms with van der Waals surface area (Å²) in [5.74, 6) is 0.657. The topological polar surface area (TPSA) is 80.9 Å². The first-order valence-corrected chi connectivity index (χ1v) is 10.7. The molecule has 0 spiro atoms. The van der Waals surface area contributed by atoms with E-state index in [0.717, 1.165) is 25.8 Å². The summed E-state index contributed by atoms with van der Waals surface area (Å²) in [6.45, 7) is 6.03. The second kappa shape index (κ2) is 7.94. The maximum absolute atomic E-state index is 12.2. The van der Waals surface area contributed by atoms with Gasteiger partial charge in [-0.2, -0.15) is 0 Å². The molecule has 0 saturated heterocycles. The molecule has 0 aliphatic carbocycles. The van der Waals surface area contributed by atoms with E-state index in [0.29, 0.717) is 11.0 Å². The quantitative estimate of drug-likeness (QED) is 0.437. The number of aromatic nitrogens is 2. The van der Waals surface area contributed by atoms with Gasteiger partial charge in [0.15, 0.2) is 5.16 Å². The standard InChI is InChI=1S/C18H19BrN4OS2/c1-9-11(3)26-17-15(9)16(20)22-18(23-17)25-8-14(24)21-10(2)12-4-6-13(19)7-5-12/h4-7,10H,8H2,1-3H3,(H,21,24)(H2,20,22,23). The first-order chi connectivity index (χ1) is 12.3. The number of aryl methyl sites for hydroxylation is 2. The molecule has 1 aromatic carbocycles. The van der Waals surface area contributed by atoms with Gasteiger partial charge in [-0.3, -0.25) is 4.79 Å². The summed E-state index contributed by atoms with van der Waals surface area (Å²) in [4.78, 5) is 23.2. The number of thioether (sulfide) groups is 1. The number of nitrogens with zero attached hydrogens (tertiary/aromatic N) is 2. The molecule has 3 N–H and O–H groups in total. The molecule has 5 nitrogen and oxygen atoms in total. The number of hydrogen-bond donors (Lipinski definition) is 2. The highest BCUT2D eigenvalue weighted by Crippen LogP contribution is 2.33. The zero-order valence-electron chi connectivity index (χ0n) is 14.7. The molecule has 8 heteroatoms. The van der Waals surface area contributed by atoms with E-state index in [2.05, 4.69) is 31.2 Å². The molecule has 26 heavy (non-hydrogen) atoms. The van der Waals surface area contributed by atoms with Crippen LogP contribution >= 0.6 is 39.0 Å². The number of anilines is 1. The molecular weight excluding hydrogens is 432 g/mol. The summed E-state index contributed by atoms with van der Waals surface area (Å²) in [6, 6.07) is 7.84. The van der Waals surface area contributed by atoms with Crippen LogP contribution in [-0.4, -0.2) is 21.6 Å². The van der Waals surface area contributed by atoms with Crippen molar-refractivity contribution in [2.24, 2.45) is 0 Å². The van der Waals surface area contributed by atoms with Crippen LogP contribution in [0.25, 0.3) is 10.2 Å². The fourth-order valence-corrected chi connectivity index (χ4v) is 4.59. The van der Waals surface area contributed by atoms with Gasteiger partial charge in [0.2, 0.25) is 5.91 Å². The van der Waals surface area contributed by atoms with Crippen molar-refractivity contribution in [2.45, 2.75) is 32.0 Å². The highest BCUT2D eigenvalue weighted by Gasteiger charge is 2.15. The molecule has 0 aliphatic rings. The number of rotatable bonds is 5. The smallest absolute Gasteiger partial charge is 0.230 e. The van der Waals surface area contributed by atoms with Crippen molar-refractivity contribution in [1.82, 2.24) is 15.3 Å². The van der Waals surface area contributed by atoms with Gasteiger partial charge in [-0.15, -0.1) is 11.3 Å². The summed E-state index contributed by atoms with van der Waals surface area (Å²) >= 11 is 6.31. The number of nitrogens with one attached hydrogen (secondary N) is 1. The summed E-state index contributed by atoms with van der Waals surface area (Å²) in [7, 11) is 0. The van der Waals surface area contributed by atoms with Gasteiger partial charge < -0.3 is 11.1 Å². The Morgan fingerprint density at radius 3 is 2.69 bits per heavy atom. The average molecular weight is 451 g/mol. The molecular formula is C18H19BrN4OS2. The first-order valence-electron chi connectivity index (χ1n) is 8.06. The second-order valence-electron chi connectivity index (χ2n) is 5.98. The minimum absolute atomic E-state index is 0.0627. The Morgan fingerprint density at radius 2 is 2.00 bits per heavy atom. The van der Waals surface area contributed by atoms with Crippen LogP contribution < -0.4 is 11.1 Å². The largest absolute Gasteiger partial charge is 0.383 e. The van der Waals surface area contributed by atoms with Crippen LogP contribution in [0.4, 0.5) is 5.82 Å². The van der Waals surface area contributed by atoms with Crippen molar-refractivity contribution < 1.29 is 4.79 Å². The Morgan fingerprint density at radius 1 is 1.31 bits per heavy atom. The molecule has 0 fully saturated rings. The fourth-order valence-electron chi connectivity index (χ4n) is 2.57. The number of carbonyl (C=O) groups excluding carboxylic acids is 1. The SMILES string of the molecule is Cc1sc2nc(SCC(=O)NC(C)c3ccc(Br)cc3)nc(N)c2c1C. The predicted molar refractivity (Wildman–Crippen MR) is 113 cm³/mol. The molecule has 1 atom stereocenters. The lowest BCUT2D eigenvalue weighted by Gasteiger charge is -2.14. The van der Waals surface area contributed by atoms with Crippen molar-refractivity contribution in [3.8, 4) is 0 Å². The number of nitrogens with two attached hydrogens (primary N) is 1. The summed E-state index contributed by atoms with van der Waals surface area (Å²) in [6.07, 6.45) is 0. The number of hydrogen-bond acceptors (Lipinski definition) is 6. The number of benzene rings is 1. The van der Waals surface area contributed by atoms with Gasteiger partial charge >= 0.3 is 0 Å². The molecule has 0 saturated carbocycles. The van der Waals surface area contributed by atoms with E-state index >= 15 is 0 Å². The zero-order valence-corrected chi connectivity index (χ0v) is 17.9. The summed E-state index contributed by atoms with van der Waals surface area (Å²) in [5, 5.41) is 4.44. The monoisotopic (exact) mass is 450 g/mol. The van der Waals surface area contributed by atoms with E-state index in [4.69, 9.17) is 5.73 Å². The molecule has 136 valence electrons. The van der Waals surface area contributed by atoms with Crippen LogP contribution in [-0.2, 0) is 4.79 Å². The van der Waals surface area contributed by atoms with E-state index in [1.807, 2.05) is 45.0 Å². The molecule has 1 unspecified atom stereocenters. The summed E-state index contributed by atoms with van der Waals surface area (Å²) < 4.78 is 1.01. The number of amides is 1. The number of fused-ring (bicyclic) bond motifs is 1. The van der Waals surface area contributed by atoms with Crippen molar-refractivity contribution in [2.75, 3.05) is 11.5 Å². The third kappa shape index (κ3) is 4.19. The van der Waals surface area contributed by atoms with Crippen molar-refractivity contribution >= 4 is 61.0 Å². The van der Waals surface area contributed by atoms with Crippen LogP contribution in [0.2, 0.25) is 0 Å². The van der Waals surface area contributed by atoms with Gasteiger partial charge in [0.25, 0.3) is 0 Å². The van der Waals surface area contributed by atoms with Gasteiger partial charge in [0, 0.05) is 9.35 Å². The molecule has 3 aromatic rings.